The van der Waals surface area contributed by atoms with Crippen LogP contribution in [0.25, 0.3) is 0 Å². The van der Waals surface area contributed by atoms with Crippen LogP contribution in [0.15, 0.2) is 91.0 Å². The second-order valence-corrected chi connectivity index (χ2v) is 7.20. The van der Waals surface area contributed by atoms with Crippen molar-refractivity contribution >= 4 is 5.97 Å². The number of aliphatic hydroxyl groups is 1. The Morgan fingerprint density at radius 2 is 1.18 bits per heavy atom. The molecule has 0 amide bonds. The van der Waals surface area contributed by atoms with Gasteiger partial charge in [0.25, 0.3) is 0 Å². The lowest BCUT2D eigenvalue weighted by molar-refractivity contribution is -0.143. The quantitative estimate of drug-likeness (QED) is 0.672. The van der Waals surface area contributed by atoms with Crippen molar-refractivity contribution in [3.8, 4) is 0 Å². The fraction of sp³-hybridized carbons (Fsp3) is 0.208. The first-order chi connectivity index (χ1) is 13.6. The highest BCUT2D eigenvalue weighted by Crippen LogP contribution is 2.45. The fourth-order valence-corrected chi connectivity index (χ4v) is 4.45. The van der Waals surface area contributed by atoms with Crippen molar-refractivity contribution in [2.45, 2.75) is 24.1 Å². The Kier molecular flexibility index (Phi) is 4.99. The summed E-state index contributed by atoms with van der Waals surface area (Å²) in [5.74, 6) is -0.913. The van der Waals surface area contributed by atoms with Crippen LogP contribution in [0.4, 0.5) is 0 Å². The van der Waals surface area contributed by atoms with Gasteiger partial charge in [0.05, 0.1) is 11.6 Å². The zero-order chi connectivity index (χ0) is 19.6. The molecule has 1 fully saturated rings. The van der Waals surface area contributed by atoms with Gasteiger partial charge in [-0.05, 0) is 16.7 Å². The van der Waals surface area contributed by atoms with Gasteiger partial charge in [-0.15, -0.1) is 0 Å². The molecule has 0 spiro atoms. The molecule has 2 atom stereocenters. The highest BCUT2D eigenvalue weighted by atomic mass is 16.4. The van der Waals surface area contributed by atoms with Crippen molar-refractivity contribution in [1.29, 1.82) is 0 Å². The molecule has 28 heavy (non-hydrogen) atoms. The van der Waals surface area contributed by atoms with Crippen LogP contribution in [-0.2, 0) is 10.3 Å². The largest absolute Gasteiger partial charge is 0.480 e. The third-order valence-electron chi connectivity index (χ3n) is 5.57. The van der Waals surface area contributed by atoms with Crippen LogP contribution in [0.1, 0.15) is 23.1 Å². The number of hydrogen-bond donors (Lipinski definition) is 2. The molecule has 0 saturated carbocycles. The highest BCUT2D eigenvalue weighted by molar-refractivity contribution is 5.75. The number of β-amino-alcohol motifs (C(OH)–C–C–N with tert-alkyl or cyclic N) is 1. The number of aliphatic hydroxyl groups excluding tert-OH is 1. The summed E-state index contributed by atoms with van der Waals surface area (Å²) in [7, 11) is 0. The molecule has 1 aliphatic rings. The van der Waals surface area contributed by atoms with Crippen molar-refractivity contribution in [1.82, 2.24) is 4.90 Å². The molecule has 4 nitrogen and oxygen atoms in total. The van der Waals surface area contributed by atoms with E-state index in [9.17, 15) is 15.0 Å². The fourth-order valence-electron chi connectivity index (χ4n) is 4.45. The van der Waals surface area contributed by atoms with E-state index < -0.39 is 23.7 Å². The molecule has 1 heterocycles. The van der Waals surface area contributed by atoms with E-state index in [0.717, 1.165) is 16.7 Å². The van der Waals surface area contributed by atoms with Crippen molar-refractivity contribution in [2.24, 2.45) is 0 Å². The predicted octanol–water partition coefficient (Wildman–Crippen LogP) is 3.50. The van der Waals surface area contributed by atoms with Gasteiger partial charge >= 0.3 is 5.97 Å². The van der Waals surface area contributed by atoms with E-state index in [4.69, 9.17) is 0 Å². The summed E-state index contributed by atoms with van der Waals surface area (Å²) in [5, 5.41) is 20.4. The number of carboxylic acids is 1. The molecule has 0 radical (unpaired) electrons. The first-order valence-electron chi connectivity index (χ1n) is 9.48. The van der Waals surface area contributed by atoms with Gasteiger partial charge in [-0.3, -0.25) is 9.69 Å². The van der Waals surface area contributed by atoms with Crippen molar-refractivity contribution in [3.05, 3.63) is 108 Å². The van der Waals surface area contributed by atoms with Crippen LogP contribution in [0.3, 0.4) is 0 Å². The van der Waals surface area contributed by atoms with Crippen molar-refractivity contribution < 1.29 is 15.0 Å². The second kappa shape index (κ2) is 7.58. The summed E-state index contributed by atoms with van der Waals surface area (Å²) < 4.78 is 0. The maximum absolute atomic E-state index is 12.1. The van der Waals surface area contributed by atoms with E-state index in [0.29, 0.717) is 0 Å². The van der Waals surface area contributed by atoms with Crippen LogP contribution in [0.5, 0.6) is 0 Å². The first-order valence-corrected chi connectivity index (χ1v) is 9.48. The molecule has 1 aliphatic heterocycles. The van der Waals surface area contributed by atoms with E-state index in [1.165, 1.54) is 0 Å². The van der Waals surface area contributed by atoms with Crippen LogP contribution in [0, 0.1) is 0 Å². The van der Waals surface area contributed by atoms with Crippen LogP contribution in [-0.4, -0.2) is 39.8 Å². The Morgan fingerprint density at radius 1 is 0.786 bits per heavy atom. The molecule has 3 aromatic carbocycles. The maximum atomic E-state index is 12.1. The first kappa shape index (κ1) is 18.4. The number of aliphatic carboxylic acids is 1. The summed E-state index contributed by atoms with van der Waals surface area (Å²) in [6, 6.07) is 29.1. The molecule has 0 aromatic heterocycles. The average Bonchev–Trinajstić information content (AvgIpc) is 3.13. The number of likely N-dealkylation sites (tertiary alicyclic amines) is 1. The molecule has 0 bridgehead atoms. The van der Waals surface area contributed by atoms with E-state index >= 15 is 0 Å². The van der Waals surface area contributed by atoms with E-state index in [1.54, 1.807) is 0 Å². The lowest BCUT2D eigenvalue weighted by Crippen LogP contribution is -2.53. The number of benzene rings is 3. The Labute approximate surface area is 164 Å². The minimum absolute atomic E-state index is 0.212. The van der Waals surface area contributed by atoms with Crippen LogP contribution in [0.2, 0.25) is 0 Å². The topological polar surface area (TPSA) is 60.8 Å². The Hall–Kier alpha value is -2.95. The minimum Gasteiger partial charge on any atom is -0.480 e. The highest BCUT2D eigenvalue weighted by Gasteiger charge is 2.51. The van der Waals surface area contributed by atoms with E-state index in [2.05, 4.69) is 0 Å². The Bertz CT molecular complexity index is 831. The van der Waals surface area contributed by atoms with Gasteiger partial charge in [-0.25, -0.2) is 0 Å². The average molecular weight is 373 g/mol. The number of rotatable bonds is 5. The molecule has 4 rings (SSSR count). The monoisotopic (exact) mass is 373 g/mol. The predicted molar refractivity (Wildman–Crippen MR) is 108 cm³/mol. The zero-order valence-corrected chi connectivity index (χ0v) is 15.5. The van der Waals surface area contributed by atoms with Gasteiger partial charge in [-0.1, -0.05) is 91.0 Å². The van der Waals surface area contributed by atoms with Gasteiger partial charge in [0.1, 0.15) is 6.04 Å². The molecule has 3 aromatic rings. The summed E-state index contributed by atoms with van der Waals surface area (Å²) in [6.07, 6.45) is -0.472. The number of carboxylic acid groups (broad SMARTS) is 1. The lowest BCUT2D eigenvalue weighted by Gasteiger charge is -2.45. The normalized spacial score (nSPS) is 20.2. The summed E-state index contributed by atoms with van der Waals surface area (Å²) >= 11 is 0. The third-order valence-corrected chi connectivity index (χ3v) is 5.57. The smallest absolute Gasteiger partial charge is 0.321 e. The standard InChI is InChI=1S/C24H23NO3/c26-21-16-22(23(27)28)25(17-21)24(18-10-4-1-5-11-18,19-12-6-2-7-13-19)20-14-8-3-9-15-20/h1-15,21-22,26H,16-17H2,(H,27,28). The Balaban J connectivity index is 2.06. The minimum atomic E-state index is -0.913. The Morgan fingerprint density at radius 3 is 1.54 bits per heavy atom. The van der Waals surface area contributed by atoms with Gasteiger partial charge in [0.15, 0.2) is 0 Å². The third kappa shape index (κ3) is 3.01. The number of carbonyl (C=O) groups is 1. The summed E-state index contributed by atoms with van der Waals surface area (Å²) in [6.45, 7) is 0.287. The lowest BCUT2D eigenvalue weighted by atomic mass is 9.75. The molecular weight excluding hydrogens is 350 g/mol. The van der Waals surface area contributed by atoms with Crippen LogP contribution < -0.4 is 0 Å². The molecule has 2 unspecified atom stereocenters. The maximum Gasteiger partial charge on any atom is 0.321 e. The summed E-state index contributed by atoms with van der Waals surface area (Å²) in [4.78, 5) is 14.1. The summed E-state index contributed by atoms with van der Waals surface area (Å²) in [5.41, 5.74) is 2.12. The van der Waals surface area contributed by atoms with Gasteiger partial charge in [0.2, 0.25) is 0 Å². The second-order valence-electron chi connectivity index (χ2n) is 7.20. The van der Waals surface area contributed by atoms with E-state index in [-0.39, 0.29) is 13.0 Å². The van der Waals surface area contributed by atoms with Gasteiger partial charge in [-0.2, -0.15) is 0 Å². The van der Waals surface area contributed by atoms with Crippen molar-refractivity contribution in [3.63, 3.8) is 0 Å². The molecule has 142 valence electrons. The molecule has 4 heteroatoms. The number of nitrogens with zero attached hydrogens (tertiary/aromatic N) is 1. The zero-order valence-electron chi connectivity index (χ0n) is 15.5. The number of hydrogen-bond acceptors (Lipinski definition) is 3. The van der Waals surface area contributed by atoms with Gasteiger partial charge in [0, 0.05) is 13.0 Å². The van der Waals surface area contributed by atoms with Crippen molar-refractivity contribution in [2.75, 3.05) is 6.54 Å². The molecular formula is C24H23NO3. The molecule has 1 saturated heterocycles. The SMILES string of the molecule is O=C(O)C1CC(O)CN1C(c1ccccc1)(c1ccccc1)c1ccccc1. The van der Waals surface area contributed by atoms with Crippen LogP contribution >= 0.6 is 0 Å². The van der Waals surface area contributed by atoms with E-state index in [1.807, 2.05) is 95.9 Å². The molecule has 0 aliphatic carbocycles. The molecule has 2 N–H and O–H groups in total. The van der Waals surface area contributed by atoms with Gasteiger partial charge < -0.3 is 10.2 Å².